The fourth-order valence-corrected chi connectivity index (χ4v) is 3.82. The SMILES string of the molecule is Cc1ccc([C@@H](OCCC#N)[C@H]2CCCCCCCCCCC2=O)cc1. The molecule has 0 heterocycles. The van der Waals surface area contributed by atoms with Gasteiger partial charge in [0.15, 0.2) is 0 Å². The molecule has 3 heteroatoms. The standard InChI is InChI=1S/C23H33NO2/c1-19-13-15-20(16-14-19)23(26-18-10-17-24)21-11-8-6-4-2-3-5-7-9-12-22(21)25/h13-16,21,23H,2-12,18H2,1H3/t21-,23+/m0/s1. The number of aryl methyl sites for hydroxylation is 1. The lowest BCUT2D eigenvalue weighted by Crippen LogP contribution is -2.25. The van der Waals surface area contributed by atoms with Crippen molar-refractivity contribution < 1.29 is 9.53 Å². The Balaban J connectivity index is 2.16. The highest BCUT2D eigenvalue weighted by Gasteiger charge is 2.29. The Bertz CT molecular complexity index is 573. The molecule has 1 saturated carbocycles. The van der Waals surface area contributed by atoms with Crippen molar-refractivity contribution in [3.8, 4) is 6.07 Å². The van der Waals surface area contributed by atoms with Gasteiger partial charge in [-0.15, -0.1) is 0 Å². The molecule has 0 bridgehead atoms. The van der Waals surface area contributed by atoms with E-state index < -0.39 is 0 Å². The maximum atomic E-state index is 13.0. The Kier molecular flexibility index (Phi) is 9.42. The summed E-state index contributed by atoms with van der Waals surface area (Å²) < 4.78 is 6.10. The van der Waals surface area contributed by atoms with Gasteiger partial charge in [0, 0.05) is 12.3 Å². The van der Waals surface area contributed by atoms with Crippen molar-refractivity contribution in [2.75, 3.05) is 6.61 Å². The Morgan fingerprint density at radius 1 is 1.04 bits per heavy atom. The molecule has 1 fully saturated rings. The molecule has 0 aromatic heterocycles. The molecular formula is C23H33NO2. The van der Waals surface area contributed by atoms with Gasteiger partial charge in [0.05, 0.1) is 25.2 Å². The van der Waals surface area contributed by atoms with Gasteiger partial charge in [0.2, 0.25) is 0 Å². The van der Waals surface area contributed by atoms with Crippen molar-refractivity contribution in [2.45, 2.75) is 83.7 Å². The van der Waals surface area contributed by atoms with Crippen molar-refractivity contribution in [3.63, 3.8) is 0 Å². The number of nitriles is 1. The first kappa shape index (κ1) is 20.6. The molecule has 0 spiro atoms. The Hall–Kier alpha value is -1.66. The van der Waals surface area contributed by atoms with Crippen LogP contribution >= 0.6 is 0 Å². The molecule has 26 heavy (non-hydrogen) atoms. The van der Waals surface area contributed by atoms with E-state index in [0.717, 1.165) is 31.2 Å². The van der Waals surface area contributed by atoms with Crippen LogP contribution in [0.15, 0.2) is 24.3 Å². The van der Waals surface area contributed by atoms with Crippen molar-refractivity contribution in [3.05, 3.63) is 35.4 Å². The number of ketones is 1. The zero-order valence-corrected chi connectivity index (χ0v) is 16.2. The third-order valence-corrected chi connectivity index (χ3v) is 5.38. The zero-order valence-electron chi connectivity index (χ0n) is 16.2. The summed E-state index contributed by atoms with van der Waals surface area (Å²) in [5.41, 5.74) is 2.27. The number of carbonyl (C=O) groups is 1. The minimum atomic E-state index is -0.223. The van der Waals surface area contributed by atoms with Crippen molar-refractivity contribution in [1.29, 1.82) is 5.26 Å². The molecule has 0 aliphatic heterocycles. The average Bonchev–Trinajstić information content (AvgIpc) is 2.64. The molecule has 0 amide bonds. The summed E-state index contributed by atoms with van der Waals surface area (Å²) in [5.74, 6) is 0.254. The number of rotatable bonds is 5. The summed E-state index contributed by atoms with van der Waals surface area (Å²) in [6, 6.07) is 10.5. The summed E-state index contributed by atoms with van der Waals surface area (Å²) in [6.07, 6.45) is 11.3. The fraction of sp³-hybridized carbons (Fsp3) is 0.652. The van der Waals surface area contributed by atoms with Gasteiger partial charge in [-0.2, -0.15) is 5.26 Å². The molecule has 1 aromatic carbocycles. The van der Waals surface area contributed by atoms with Gasteiger partial charge in [-0.1, -0.05) is 74.8 Å². The van der Waals surface area contributed by atoms with E-state index in [1.54, 1.807) is 0 Å². The molecule has 2 rings (SSSR count). The summed E-state index contributed by atoms with van der Waals surface area (Å²) in [5, 5.41) is 8.86. The van der Waals surface area contributed by atoms with Crippen LogP contribution in [0.2, 0.25) is 0 Å². The monoisotopic (exact) mass is 355 g/mol. The van der Waals surface area contributed by atoms with E-state index in [0.29, 0.717) is 25.2 Å². The third kappa shape index (κ3) is 6.92. The number of hydrogen-bond donors (Lipinski definition) is 0. The van der Waals surface area contributed by atoms with Crippen LogP contribution in [0.3, 0.4) is 0 Å². The molecule has 3 nitrogen and oxygen atoms in total. The summed E-state index contributed by atoms with van der Waals surface area (Å²) >= 11 is 0. The number of ether oxygens (including phenoxy) is 1. The van der Waals surface area contributed by atoms with Crippen LogP contribution in [-0.4, -0.2) is 12.4 Å². The van der Waals surface area contributed by atoms with Gasteiger partial charge in [-0.25, -0.2) is 0 Å². The quantitative estimate of drug-likeness (QED) is 0.603. The van der Waals surface area contributed by atoms with E-state index in [4.69, 9.17) is 10.00 Å². The van der Waals surface area contributed by atoms with Gasteiger partial charge in [0.1, 0.15) is 5.78 Å². The molecule has 142 valence electrons. The predicted molar refractivity (Wildman–Crippen MR) is 105 cm³/mol. The number of nitrogens with zero attached hydrogens (tertiary/aromatic N) is 1. The second-order valence-electron chi connectivity index (χ2n) is 7.55. The minimum Gasteiger partial charge on any atom is -0.372 e. The number of Topliss-reactive ketones (excluding diaryl/α,β-unsaturated/α-hetero) is 1. The average molecular weight is 356 g/mol. The Morgan fingerprint density at radius 3 is 2.31 bits per heavy atom. The third-order valence-electron chi connectivity index (χ3n) is 5.38. The van der Waals surface area contributed by atoms with Gasteiger partial charge >= 0.3 is 0 Å². The molecule has 0 N–H and O–H groups in total. The Labute approximate surface area is 158 Å². The molecular weight excluding hydrogens is 322 g/mol. The maximum absolute atomic E-state index is 13.0. The van der Waals surface area contributed by atoms with Gasteiger partial charge < -0.3 is 4.74 Å². The lowest BCUT2D eigenvalue weighted by Gasteiger charge is -2.27. The molecule has 0 unspecified atom stereocenters. The molecule has 1 aliphatic rings. The smallest absolute Gasteiger partial charge is 0.138 e. The van der Waals surface area contributed by atoms with E-state index in [-0.39, 0.29) is 12.0 Å². The maximum Gasteiger partial charge on any atom is 0.138 e. The number of carbonyl (C=O) groups excluding carboxylic acids is 1. The van der Waals surface area contributed by atoms with Crippen LogP contribution in [0.25, 0.3) is 0 Å². The molecule has 1 aromatic rings. The van der Waals surface area contributed by atoms with E-state index in [1.807, 2.05) is 0 Å². The number of benzene rings is 1. The second-order valence-corrected chi connectivity index (χ2v) is 7.55. The van der Waals surface area contributed by atoms with Crippen molar-refractivity contribution in [1.82, 2.24) is 0 Å². The van der Waals surface area contributed by atoms with Gasteiger partial charge in [0.25, 0.3) is 0 Å². The van der Waals surface area contributed by atoms with E-state index in [2.05, 4.69) is 37.3 Å². The first-order chi connectivity index (χ1) is 12.7. The first-order valence-corrected chi connectivity index (χ1v) is 10.3. The van der Waals surface area contributed by atoms with Crippen LogP contribution in [-0.2, 0) is 9.53 Å². The lowest BCUT2D eigenvalue weighted by atomic mass is 9.84. The molecule has 0 saturated heterocycles. The van der Waals surface area contributed by atoms with Crippen LogP contribution < -0.4 is 0 Å². The zero-order chi connectivity index (χ0) is 18.6. The molecule has 2 atom stereocenters. The van der Waals surface area contributed by atoms with E-state index in [1.165, 1.54) is 37.7 Å². The summed E-state index contributed by atoms with van der Waals surface area (Å²) in [4.78, 5) is 13.0. The van der Waals surface area contributed by atoms with Crippen LogP contribution in [0.1, 0.15) is 87.9 Å². The topological polar surface area (TPSA) is 50.1 Å². The van der Waals surface area contributed by atoms with Crippen LogP contribution in [0.4, 0.5) is 0 Å². The van der Waals surface area contributed by atoms with Gasteiger partial charge in [-0.05, 0) is 25.3 Å². The summed E-state index contributed by atoms with van der Waals surface area (Å²) in [7, 11) is 0. The lowest BCUT2D eigenvalue weighted by molar-refractivity contribution is -0.129. The van der Waals surface area contributed by atoms with Gasteiger partial charge in [-0.3, -0.25) is 4.79 Å². The summed E-state index contributed by atoms with van der Waals surface area (Å²) in [6.45, 7) is 2.45. The molecule has 0 radical (unpaired) electrons. The second kappa shape index (κ2) is 11.9. The highest BCUT2D eigenvalue weighted by Crippen LogP contribution is 2.33. The fourth-order valence-electron chi connectivity index (χ4n) is 3.82. The van der Waals surface area contributed by atoms with Crippen molar-refractivity contribution in [2.24, 2.45) is 5.92 Å². The number of hydrogen-bond acceptors (Lipinski definition) is 3. The highest BCUT2D eigenvalue weighted by molar-refractivity contribution is 5.81. The molecule has 1 aliphatic carbocycles. The van der Waals surface area contributed by atoms with E-state index in [9.17, 15) is 4.79 Å². The highest BCUT2D eigenvalue weighted by atomic mass is 16.5. The van der Waals surface area contributed by atoms with Crippen LogP contribution in [0.5, 0.6) is 0 Å². The Morgan fingerprint density at radius 2 is 1.65 bits per heavy atom. The van der Waals surface area contributed by atoms with Crippen LogP contribution in [0, 0.1) is 24.2 Å². The first-order valence-electron chi connectivity index (χ1n) is 10.3. The normalized spacial score (nSPS) is 21.2. The minimum absolute atomic E-state index is 0.0872. The predicted octanol–water partition coefficient (Wildman–Crippen LogP) is 6.07. The van der Waals surface area contributed by atoms with E-state index >= 15 is 0 Å². The van der Waals surface area contributed by atoms with Crippen molar-refractivity contribution >= 4 is 5.78 Å². The largest absolute Gasteiger partial charge is 0.372 e.